The molecule has 1 unspecified atom stereocenters. The molecule has 2 heterocycles. The first-order chi connectivity index (χ1) is 11.2. The molecule has 4 heteroatoms. The van der Waals surface area contributed by atoms with Crippen LogP contribution in [-0.2, 0) is 13.0 Å². The van der Waals surface area contributed by atoms with Crippen molar-refractivity contribution in [2.75, 3.05) is 26.2 Å². The van der Waals surface area contributed by atoms with Crippen LogP contribution in [0.2, 0.25) is 0 Å². The highest BCUT2D eigenvalue weighted by Crippen LogP contribution is 2.20. The summed E-state index contributed by atoms with van der Waals surface area (Å²) in [7, 11) is 0. The summed E-state index contributed by atoms with van der Waals surface area (Å²) in [6.45, 7) is 7.37. The molecule has 0 saturated carbocycles. The monoisotopic (exact) mass is 314 g/mol. The summed E-state index contributed by atoms with van der Waals surface area (Å²) in [5.74, 6) is 0.746. The molecule has 1 aromatic rings. The van der Waals surface area contributed by atoms with Gasteiger partial charge in [0.1, 0.15) is 0 Å². The van der Waals surface area contributed by atoms with Gasteiger partial charge in [0.15, 0.2) is 5.96 Å². The fourth-order valence-electron chi connectivity index (χ4n) is 3.63. The molecular weight excluding hydrogens is 284 g/mol. The average molecular weight is 314 g/mol. The van der Waals surface area contributed by atoms with Crippen molar-refractivity contribution in [2.24, 2.45) is 10.7 Å². The Morgan fingerprint density at radius 2 is 1.78 bits per heavy atom. The lowest BCUT2D eigenvalue weighted by atomic mass is 9.99. The smallest absolute Gasteiger partial charge is 0.191 e. The molecule has 2 aliphatic heterocycles. The minimum absolute atomic E-state index is 0.439. The molecule has 1 fully saturated rings. The van der Waals surface area contributed by atoms with Crippen LogP contribution in [0.4, 0.5) is 0 Å². The summed E-state index contributed by atoms with van der Waals surface area (Å²) < 4.78 is 0. The Morgan fingerprint density at radius 3 is 2.52 bits per heavy atom. The van der Waals surface area contributed by atoms with E-state index in [9.17, 15) is 0 Å². The molecule has 0 aliphatic carbocycles. The third-order valence-electron chi connectivity index (χ3n) is 5.23. The van der Waals surface area contributed by atoms with Gasteiger partial charge in [-0.05, 0) is 37.3 Å². The molecule has 2 aliphatic rings. The van der Waals surface area contributed by atoms with Gasteiger partial charge in [-0.25, -0.2) is 0 Å². The van der Waals surface area contributed by atoms with Crippen molar-refractivity contribution in [2.45, 2.75) is 51.6 Å². The van der Waals surface area contributed by atoms with Crippen LogP contribution in [0.1, 0.15) is 43.7 Å². The number of hydrogen-bond acceptors (Lipinski definition) is 2. The molecule has 126 valence electrons. The number of rotatable bonds is 3. The van der Waals surface area contributed by atoms with E-state index < -0.39 is 0 Å². The quantitative estimate of drug-likeness (QED) is 0.689. The van der Waals surface area contributed by atoms with E-state index in [1.54, 1.807) is 0 Å². The Hall–Kier alpha value is -1.55. The molecule has 1 atom stereocenters. The number of nitrogens with two attached hydrogens (primary N) is 1. The predicted octanol–water partition coefficient (Wildman–Crippen LogP) is 2.62. The molecular formula is C19H30N4. The van der Waals surface area contributed by atoms with Crippen molar-refractivity contribution < 1.29 is 0 Å². The van der Waals surface area contributed by atoms with E-state index in [0.717, 1.165) is 45.1 Å². The van der Waals surface area contributed by atoms with E-state index in [0.29, 0.717) is 6.04 Å². The third-order valence-corrected chi connectivity index (χ3v) is 5.23. The number of aliphatic imine (C=N–C) groups is 1. The van der Waals surface area contributed by atoms with Crippen LogP contribution in [0.15, 0.2) is 29.3 Å². The fourth-order valence-corrected chi connectivity index (χ4v) is 3.63. The normalized spacial score (nSPS) is 21.6. The van der Waals surface area contributed by atoms with Crippen LogP contribution < -0.4 is 5.73 Å². The van der Waals surface area contributed by atoms with Crippen LogP contribution in [0.3, 0.4) is 0 Å². The summed E-state index contributed by atoms with van der Waals surface area (Å²) in [6.07, 6.45) is 6.29. The molecule has 3 rings (SSSR count). The zero-order valence-corrected chi connectivity index (χ0v) is 14.4. The topological polar surface area (TPSA) is 44.9 Å². The van der Waals surface area contributed by atoms with E-state index in [2.05, 4.69) is 41.0 Å². The Labute approximate surface area is 140 Å². The van der Waals surface area contributed by atoms with Crippen LogP contribution >= 0.6 is 0 Å². The number of benzene rings is 1. The van der Waals surface area contributed by atoms with Crippen molar-refractivity contribution in [3.63, 3.8) is 0 Å². The zero-order valence-electron chi connectivity index (χ0n) is 14.4. The summed E-state index contributed by atoms with van der Waals surface area (Å²) in [6, 6.07) is 9.23. The molecule has 0 bridgehead atoms. The Bertz CT molecular complexity index is 532. The minimum atomic E-state index is 0.439. The van der Waals surface area contributed by atoms with E-state index in [-0.39, 0.29) is 0 Å². The van der Waals surface area contributed by atoms with Crippen molar-refractivity contribution in [1.29, 1.82) is 0 Å². The van der Waals surface area contributed by atoms with Crippen molar-refractivity contribution in [3.05, 3.63) is 35.4 Å². The van der Waals surface area contributed by atoms with Crippen LogP contribution in [0.25, 0.3) is 0 Å². The highest BCUT2D eigenvalue weighted by atomic mass is 15.3. The molecule has 1 aromatic carbocycles. The SMILES string of the molecule is CC(CN=C(N)N1CCCCCC1)N1CCc2ccccc2C1. The standard InChI is InChI=1S/C19H30N4/c1-16(14-21-19(20)22-11-6-2-3-7-12-22)23-13-10-17-8-4-5-9-18(17)15-23/h4-5,8-9,16H,2-3,6-7,10-15H2,1H3,(H2,20,21). The first kappa shape index (κ1) is 16.3. The number of hydrogen-bond donors (Lipinski definition) is 1. The van der Waals surface area contributed by atoms with Gasteiger partial charge in [0.25, 0.3) is 0 Å². The van der Waals surface area contributed by atoms with Crippen LogP contribution in [-0.4, -0.2) is 48.0 Å². The first-order valence-corrected chi connectivity index (χ1v) is 9.10. The molecule has 1 saturated heterocycles. The van der Waals surface area contributed by atoms with Crippen molar-refractivity contribution in [1.82, 2.24) is 9.80 Å². The predicted molar refractivity (Wildman–Crippen MR) is 96.5 cm³/mol. The minimum Gasteiger partial charge on any atom is -0.370 e. The largest absolute Gasteiger partial charge is 0.370 e. The fraction of sp³-hybridized carbons (Fsp3) is 0.632. The Balaban J connectivity index is 1.54. The van der Waals surface area contributed by atoms with E-state index in [1.165, 1.54) is 36.8 Å². The zero-order chi connectivity index (χ0) is 16.1. The van der Waals surface area contributed by atoms with Crippen molar-refractivity contribution in [3.8, 4) is 0 Å². The molecule has 2 N–H and O–H groups in total. The highest BCUT2D eigenvalue weighted by Gasteiger charge is 2.20. The summed E-state index contributed by atoms with van der Waals surface area (Å²) in [4.78, 5) is 9.50. The number of nitrogens with zero attached hydrogens (tertiary/aromatic N) is 3. The number of likely N-dealkylation sites (tertiary alicyclic amines) is 1. The maximum Gasteiger partial charge on any atom is 0.191 e. The summed E-state index contributed by atoms with van der Waals surface area (Å²) in [5.41, 5.74) is 9.20. The molecule has 4 nitrogen and oxygen atoms in total. The number of guanidine groups is 1. The van der Waals surface area contributed by atoms with Gasteiger partial charge >= 0.3 is 0 Å². The van der Waals surface area contributed by atoms with E-state index in [1.807, 2.05) is 0 Å². The second kappa shape index (κ2) is 7.82. The maximum absolute atomic E-state index is 6.23. The third kappa shape index (κ3) is 4.25. The van der Waals surface area contributed by atoms with E-state index in [4.69, 9.17) is 10.7 Å². The van der Waals surface area contributed by atoms with Gasteiger partial charge < -0.3 is 10.6 Å². The number of fused-ring (bicyclic) bond motifs is 1. The Morgan fingerprint density at radius 1 is 1.09 bits per heavy atom. The lowest BCUT2D eigenvalue weighted by Crippen LogP contribution is -2.41. The van der Waals surface area contributed by atoms with E-state index >= 15 is 0 Å². The van der Waals surface area contributed by atoms with Crippen molar-refractivity contribution >= 4 is 5.96 Å². The lowest BCUT2D eigenvalue weighted by molar-refractivity contribution is 0.195. The molecule has 0 spiro atoms. The molecule has 23 heavy (non-hydrogen) atoms. The molecule has 0 amide bonds. The maximum atomic E-state index is 6.23. The average Bonchev–Trinajstić information content (AvgIpc) is 2.88. The van der Waals surface area contributed by atoms with Gasteiger partial charge in [-0.1, -0.05) is 37.1 Å². The second-order valence-corrected chi connectivity index (χ2v) is 6.94. The second-order valence-electron chi connectivity index (χ2n) is 6.94. The Kier molecular flexibility index (Phi) is 5.55. The molecule has 0 radical (unpaired) electrons. The van der Waals surface area contributed by atoms with Gasteiger partial charge in [0, 0.05) is 32.2 Å². The highest BCUT2D eigenvalue weighted by molar-refractivity contribution is 5.78. The van der Waals surface area contributed by atoms with Gasteiger partial charge in [0.05, 0.1) is 6.54 Å². The molecule has 0 aromatic heterocycles. The first-order valence-electron chi connectivity index (χ1n) is 9.10. The van der Waals surface area contributed by atoms with Gasteiger partial charge in [0.2, 0.25) is 0 Å². The lowest BCUT2D eigenvalue weighted by Gasteiger charge is -2.33. The van der Waals surface area contributed by atoms with Gasteiger partial charge in [-0.2, -0.15) is 0 Å². The summed E-state index contributed by atoms with van der Waals surface area (Å²) in [5, 5.41) is 0. The van der Waals surface area contributed by atoms with Crippen LogP contribution in [0, 0.1) is 0 Å². The van der Waals surface area contributed by atoms with Crippen LogP contribution in [0.5, 0.6) is 0 Å². The van der Waals surface area contributed by atoms with Gasteiger partial charge in [-0.15, -0.1) is 0 Å². The summed E-state index contributed by atoms with van der Waals surface area (Å²) >= 11 is 0. The van der Waals surface area contributed by atoms with Gasteiger partial charge in [-0.3, -0.25) is 9.89 Å².